The molecule has 0 spiro atoms. The maximum absolute atomic E-state index is 10.2. The van der Waals surface area contributed by atoms with Crippen LogP contribution in [0.3, 0.4) is 0 Å². The number of hydrogen-bond donors (Lipinski definition) is 2. The van der Waals surface area contributed by atoms with Crippen LogP contribution in [0.25, 0.3) is 0 Å². The largest absolute Gasteiger partial charge is 0.494 e. The fraction of sp³-hybridized carbons (Fsp3) is 0.600. The first kappa shape index (κ1) is 15.0. The van der Waals surface area contributed by atoms with Crippen LogP contribution in [0.5, 0.6) is 5.75 Å². The molecule has 1 aromatic rings. The maximum Gasteiger partial charge on any atom is 0.119 e. The van der Waals surface area contributed by atoms with Crippen molar-refractivity contribution >= 4 is 0 Å². The van der Waals surface area contributed by atoms with E-state index in [4.69, 9.17) is 4.74 Å². The first-order chi connectivity index (χ1) is 8.63. The summed E-state index contributed by atoms with van der Waals surface area (Å²) in [5.74, 6) is 0.849. The monoisotopic (exact) mass is 252 g/mol. The Balaban J connectivity index is 2.82. The molecular formula is C15H24O3. The summed E-state index contributed by atoms with van der Waals surface area (Å²) in [6.45, 7) is 6.57. The van der Waals surface area contributed by atoms with E-state index in [-0.39, 0.29) is 5.92 Å². The van der Waals surface area contributed by atoms with Crippen molar-refractivity contribution in [3.63, 3.8) is 0 Å². The summed E-state index contributed by atoms with van der Waals surface area (Å²) in [5, 5.41) is 20.4. The van der Waals surface area contributed by atoms with Crippen LogP contribution in [0.15, 0.2) is 24.3 Å². The van der Waals surface area contributed by atoms with Gasteiger partial charge in [0.25, 0.3) is 0 Å². The van der Waals surface area contributed by atoms with Crippen LogP contribution in [0, 0.1) is 5.92 Å². The van der Waals surface area contributed by atoms with Gasteiger partial charge < -0.3 is 14.9 Å². The molecule has 0 aromatic heterocycles. The summed E-state index contributed by atoms with van der Waals surface area (Å²) < 4.78 is 5.40. The van der Waals surface area contributed by atoms with Crippen molar-refractivity contribution in [2.24, 2.45) is 5.92 Å². The van der Waals surface area contributed by atoms with Crippen molar-refractivity contribution in [2.75, 3.05) is 6.61 Å². The molecule has 1 rings (SSSR count). The van der Waals surface area contributed by atoms with E-state index in [1.165, 1.54) is 0 Å². The average molecular weight is 252 g/mol. The second-order valence-electron chi connectivity index (χ2n) is 4.52. The zero-order valence-corrected chi connectivity index (χ0v) is 11.5. The fourth-order valence-corrected chi connectivity index (χ4v) is 2.18. The second-order valence-corrected chi connectivity index (χ2v) is 4.52. The second kappa shape index (κ2) is 7.39. The third kappa shape index (κ3) is 3.72. The molecule has 0 saturated heterocycles. The summed E-state index contributed by atoms with van der Waals surface area (Å²) in [6.07, 6.45) is 0.145. The Bertz CT molecular complexity index is 347. The molecule has 0 aliphatic carbocycles. The highest BCUT2D eigenvalue weighted by Gasteiger charge is 2.25. The first-order valence-electron chi connectivity index (χ1n) is 6.72. The molecule has 0 fully saturated rings. The van der Waals surface area contributed by atoms with E-state index < -0.39 is 12.2 Å². The van der Waals surface area contributed by atoms with E-state index in [0.29, 0.717) is 12.2 Å². The molecule has 0 heterocycles. The Morgan fingerprint density at radius 1 is 1.11 bits per heavy atom. The highest BCUT2D eigenvalue weighted by Crippen LogP contribution is 2.27. The number of ether oxygens (including phenoxy) is 1. The minimum atomic E-state index is -0.852. The Kier molecular flexibility index (Phi) is 6.16. The number of hydrogen-bond acceptors (Lipinski definition) is 3. The van der Waals surface area contributed by atoms with Gasteiger partial charge in [-0.3, -0.25) is 0 Å². The summed E-state index contributed by atoms with van der Waals surface area (Å²) in [5.41, 5.74) is 0.709. The lowest BCUT2D eigenvalue weighted by Crippen LogP contribution is -2.27. The normalized spacial score (nSPS) is 14.6. The van der Waals surface area contributed by atoms with Crippen molar-refractivity contribution in [1.29, 1.82) is 0 Å². The van der Waals surface area contributed by atoms with Crippen LogP contribution < -0.4 is 4.74 Å². The highest BCUT2D eigenvalue weighted by molar-refractivity contribution is 5.30. The van der Waals surface area contributed by atoms with Gasteiger partial charge in [0.15, 0.2) is 0 Å². The van der Waals surface area contributed by atoms with Gasteiger partial charge in [0.2, 0.25) is 0 Å². The van der Waals surface area contributed by atoms with Crippen molar-refractivity contribution in [2.45, 2.75) is 45.8 Å². The average Bonchev–Trinajstić information content (AvgIpc) is 2.40. The lowest BCUT2D eigenvalue weighted by Gasteiger charge is -2.25. The van der Waals surface area contributed by atoms with Gasteiger partial charge in [-0.15, -0.1) is 0 Å². The van der Waals surface area contributed by atoms with Gasteiger partial charge in [0.1, 0.15) is 11.9 Å². The Morgan fingerprint density at radius 3 is 2.33 bits per heavy atom. The van der Waals surface area contributed by atoms with Gasteiger partial charge >= 0.3 is 0 Å². The Labute approximate surface area is 109 Å². The summed E-state index contributed by atoms with van der Waals surface area (Å²) in [7, 11) is 0. The van der Waals surface area contributed by atoms with Crippen LogP contribution in [-0.2, 0) is 0 Å². The number of rotatable bonds is 7. The van der Waals surface area contributed by atoms with E-state index in [1.54, 1.807) is 6.07 Å². The van der Waals surface area contributed by atoms with Gasteiger partial charge in [-0.2, -0.15) is 0 Å². The van der Waals surface area contributed by atoms with Crippen LogP contribution in [0.4, 0.5) is 0 Å². The van der Waals surface area contributed by atoms with Gasteiger partial charge in [-0.05, 0) is 30.5 Å². The predicted molar refractivity (Wildman–Crippen MR) is 72.6 cm³/mol. The fourth-order valence-electron chi connectivity index (χ4n) is 2.18. The number of aliphatic hydroxyl groups excluding tert-OH is 2. The topological polar surface area (TPSA) is 49.7 Å². The zero-order chi connectivity index (χ0) is 13.5. The Hall–Kier alpha value is -1.06. The van der Waals surface area contributed by atoms with Gasteiger partial charge in [-0.25, -0.2) is 0 Å². The van der Waals surface area contributed by atoms with Crippen LogP contribution in [0.2, 0.25) is 0 Å². The summed E-state index contributed by atoms with van der Waals surface area (Å²) >= 11 is 0. The lowest BCUT2D eigenvalue weighted by atomic mass is 9.90. The molecule has 0 aliphatic rings. The summed E-state index contributed by atoms with van der Waals surface area (Å²) in [6, 6.07) is 7.30. The van der Waals surface area contributed by atoms with Crippen LogP contribution >= 0.6 is 0 Å². The van der Waals surface area contributed by atoms with Crippen LogP contribution in [0.1, 0.15) is 45.3 Å². The molecule has 102 valence electrons. The minimum Gasteiger partial charge on any atom is -0.494 e. The molecule has 3 heteroatoms. The van der Waals surface area contributed by atoms with Crippen molar-refractivity contribution < 1.29 is 14.9 Å². The van der Waals surface area contributed by atoms with E-state index >= 15 is 0 Å². The van der Waals surface area contributed by atoms with E-state index in [0.717, 1.165) is 18.6 Å². The molecular weight excluding hydrogens is 228 g/mol. The molecule has 0 amide bonds. The molecule has 0 bridgehead atoms. The minimum absolute atomic E-state index is 0.121. The van der Waals surface area contributed by atoms with Crippen molar-refractivity contribution in [3.05, 3.63) is 29.8 Å². The smallest absolute Gasteiger partial charge is 0.119 e. The maximum atomic E-state index is 10.2. The molecule has 3 nitrogen and oxygen atoms in total. The van der Waals surface area contributed by atoms with Crippen LogP contribution in [-0.4, -0.2) is 22.9 Å². The number of benzene rings is 1. The number of aliphatic hydroxyl groups is 2. The standard InChI is InChI=1S/C15H24O3/c1-4-11(5-2)14(16)15(17)12-8-7-9-13(10-12)18-6-3/h7-11,14-17H,4-6H2,1-3H3. The van der Waals surface area contributed by atoms with E-state index in [1.807, 2.05) is 39.0 Å². The molecule has 2 N–H and O–H groups in total. The molecule has 1 aromatic carbocycles. The SMILES string of the molecule is CCOc1cccc(C(O)C(O)C(CC)CC)c1. The van der Waals surface area contributed by atoms with E-state index in [2.05, 4.69) is 0 Å². The van der Waals surface area contributed by atoms with Crippen molar-refractivity contribution in [3.8, 4) is 5.75 Å². The van der Waals surface area contributed by atoms with Gasteiger partial charge in [0.05, 0.1) is 12.7 Å². The molecule has 2 unspecified atom stereocenters. The molecule has 0 aliphatic heterocycles. The van der Waals surface area contributed by atoms with Gasteiger partial charge in [-0.1, -0.05) is 38.8 Å². The zero-order valence-electron chi connectivity index (χ0n) is 11.5. The molecule has 0 radical (unpaired) electrons. The molecule has 2 atom stereocenters. The highest BCUT2D eigenvalue weighted by atomic mass is 16.5. The quantitative estimate of drug-likeness (QED) is 0.784. The molecule has 0 saturated carbocycles. The molecule has 18 heavy (non-hydrogen) atoms. The predicted octanol–water partition coefficient (Wildman–Crippen LogP) is 2.92. The van der Waals surface area contributed by atoms with Crippen molar-refractivity contribution in [1.82, 2.24) is 0 Å². The first-order valence-corrected chi connectivity index (χ1v) is 6.72. The third-order valence-corrected chi connectivity index (χ3v) is 3.37. The Morgan fingerprint density at radius 2 is 1.78 bits per heavy atom. The van der Waals surface area contributed by atoms with E-state index in [9.17, 15) is 10.2 Å². The lowest BCUT2D eigenvalue weighted by molar-refractivity contribution is -0.0210. The summed E-state index contributed by atoms with van der Waals surface area (Å²) in [4.78, 5) is 0. The van der Waals surface area contributed by atoms with Gasteiger partial charge in [0, 0.05) is 0 Å². The third-order valence-electron chi connectivity index (χ3n) is 3.37.